The molecule has 0 saturated carbocycles. The summed E-state index contributed by atoms with van der Waals surface area (Å²) >= 11 is 0. The third-order valence-corrected chi connectivity index (χ3v) is 7.68. The average molecular weight is 498 g/mol. The van der Waals surface area contributed by atoms with Crippen LogP contribution in [0.5, 0.6) is 0 Å². The molecule has 0 atom stereocenters. The molecule has 0 unspecified atom stereocenters. The predicted molar refractivity (Wildman–Crippen MR) is 142 cm³/mol. The summed E-state index contributed by atoms with van der Waals surface area (Å²) < 4.78 is 27.7. The van der Waals surface area contributed by atoms with Gasteiger partial charge in [-0.1, -0.05) is 54.6 Å². The lowest BCUT2D eigenvalue weighted by Crippen LogP contribution is -2.29. The topological polar surface area (TPSA) is 78.5 Å². The van der Waals surface area contributed by atoms with Gasteiger partial charge in [-0.25, -0.2) is 8.42 Å². The van der Waals surface area contributed by atoms with Crippen LogP contribution in [-0.4, -0.2) is 25.8 Å². The summed E-state index contributed by atoms with van der Waals surface area (Å²) in [5.74, 6) is -0.244. The summed E-state index contributed by atoms with van der Waals surface area (Å²) in [6, 6.07) is 31.0. The molecule has 0 aromatic heterocycles. The monoisotopic (exact) mass is 497 g/mol. The van der Waals surface area contributed by atoms with Crippen LogP contribution < -0.4 is 10.0 Å². The zero-order chi connectivity index (χ0) is 25.0. The van der Waals surface area contributed by atoms with Crippen LogP contribution in [0, 0.1) is 0 Å². The number of carbonyl (C=O) groups excluding carboxylic acids is 1. The fourth-order valence-corrected chi connectivity index (χ4v) is 5.41. The molecule has 0 fully saturated rings. The highest BCUT2D eigenvalue weighted by atomic mass is 32.2. The third-order valence-electron chi connectivity index (χ3n) is 6.28. The van der Waals surface area contributed by atoms with Gasteiger partial charge >= 0.3 is 0 Å². The minimum atomic E-state index is -3.71. The van der Waals surface area contributed by atoms with Gasteiger partial charge in [-0.05, 0) is 71.6 Å². The van der Waals surface area contributed by atoms with Gasteiger partial charge in [0, 0.05) is 36.6 Å². The van der Waals surface area contributed by atoms with Crippen molar-refractivity contribution in [1.82, 2.24) is 4.90 Å². The molecule has 0 saturated heterocycles. The number of carbonyl (C=O) groups is 1. The third kappa shape index (κ3) is 5.64. The van der Waals surface area contributed by atoms with Crippen molar-refractivity contribution in [3.8, 4) is 0 Å². The molecule has 0 spiro atoms. The van der Waals surface area contributed by atoms with Crippen LogP contribution >= 0.6 is 0 Å². The van der Waals surface area contributed by atoms with Gasteiger partial charge in [0.05, 0.1) is 4.90 Å². The van der Waals surface area contributed by atoms with E-state index in [1.54, 1.807) is 36.4 Å². The van der Waals surface area contributed by atoms with Crippen molar-refractivity contribution >= 4 is 27.3 Å². The zero-order valence-electron chi connectivity index (χ0n) is 19.7. The van der Waals surface area contributed by atoms with E-state index in [9.17, 15) is 13.2 Å². The molecule has 2 N–H and O–H groups in total. The van der Waals surface area contributed by atoms with Crippen LogP contribution in [-0.2, 0) is 29.5 Å². The van der Waals surface area contributed by atoms with Crippen LogP contribution in [0.3, 0.4) is 0 Å². The van der Waals surface area contributed by atoms with Gasteiger partial charge in [-0.2, -0.15) is 0 Å². The molecule has 5 rings (SSSR count). The maximum atomic E-state index is 12.7. The summed E-state index contributed by atoms with van der Waals surface area (Å²) in [5, 5.41) is 2.83. The van der Waals surface area contributed by atoms with Gasteiger partial charge in [-0.3, -0.25) is 14.4 Å². The lowest BCUT2D eigenvalue weighted by molar-refractivity contribution is 0.102. The normalized spacial score (nSPS) is 13.6. The summed E-state index contributed by atoms with van der Waals surface area (Å²) in [4.78, 5) is 15.3. The molecule has 4 aromatic rings. The molecule has 0 bridgehead atoms. The number of fused-ring (bicyclic) bond motifs is 1. The van der Waals surface area contributed by atoms with Crippen molar-refractivity contribution in [2.45, 2.75) is 24.4 Å². The van der Waals surface area contributed by atoms with Crippen LogP contribution in [0.15, 0.2) is 108 Å². The zero-order valence-corrected chi connectivity index (χ0v) is 20.5. The Hall–Kier alpha value is -3.94. The Balaban J connectivity index is 1.18. The molecule has 36 heavy (non-hydrogen) atoms. The van der Waals surface area contributed by atoms with Gasteiger partial charge in [0.1, 0.15) is 0 Å². The highest BCUT2D eigenvalue weighted by molar-refractivity contribution is 7.92. The van der Waals surface area contributed by atoms with Crippen molar-refractivity contribution in [2.75, 3.05) is 16.6 Å². The maximum Gasteiger partial charge on any atom is 0.261 e. The van der Waals surface area contributed by atoms with Gasteiger partial charge in [-0.15, -0.1) is 0 Å². The van der Waals surface area contributed by atoms with Crippen LogP contribution in [0.2, 0.25) is 0 Å². The highest BCUT2D eigenvalue weighted by Gasteiger charge is 2.17. The number of nitrogens with one attached hydrogen (secondary N) is 2. The summed E-state index contributed by atoms with van der Waals surface area (Å²) in [7, 11) is -3.71. The molecular formula is C29H27N3O3S. The number of benzene rings is 4. The molecule has 1 aliphatic heterocycles. The number of hydrogen-bond acceptors (Lipinski definition) is 4. The van der Waals surface area contributed by atoms with Crippen LogP contribution in [0.4, 0.5) is 11.4 Å². The maximum absolute atomic E-state index is 12.7. The first-order valence-corrected chi connectivity index (χ1v) is 13.3. The Morgan fingerprint density at radius 2 is 1.42 bits per heavy atom. The largest absolute Gasteiger partial charge is 0.322 e. The first-order valence-electron chi connectivity index (χ1n) is 11.8. The molecule has 1 heterocycles. The molecule has 0 radical (unpaired) electrons. The Bertz CT molecular complexity index is 1450. The SMILES string of the molecule is O=C(Nc1ccc(S(=O)(=O)Nc2ccccc2)cc1)c1ccc(CN2CCc3ccccc3C2)cc1. The number of rotatable bonds is 7. The summed E-state index contributed by atoms with van der Waals surface area (Å²) in [6.45, 7) is 2.79. The second kappa shape index (κ2) is 10.4. The number of nitrogens with zero attached hydrogens (tertiary/aromatic N) is 1. The molecule has 182 valence electrons. The Morgan fingerprint density at radius 1 is 0.750 bits per heavy atom. The molecule has 0 aliphatic carbocycles. The molecule has 1 aliphatic rings. The van der Waals surface area contributed by atoms with Crippen LogP contribution in [0.1, 0.15) is 27.0 Å². The molecular weight excluding hydrogens is 470 g/mol. The van der Waals surface area contributed by atoms with Crippen molar-refractivity contribution in [3.05, 3.63) is 125 Å². The van der Waals surface area contributed by atoms with E-state index in [0.717, 1.165) is 31.6 Å². The van der Waals surface area contributed by atoms with E-state index >= 15 is 0 Å². The van der Waals surface area contributed by atoms with E-state index in [1.165, 1.54) is 23.3 Å². The number of hydrogen-bond donors (Lipinski definition) is 2. The molecule has 1 amide bonds. The standard InChI is InChI=1S/C29H27N3O3S/c33-29(30-26-14-16-28(17-15-26)36(34,35)31-27-8-2-1-3-9-27)24-12-10-22(11-13-24)20-32-19-18-23-6-4-5-7-25(23)21-32/h1-17,31H,18-21H2,(H,30,33). The fourth-order valence-electron chi connectivity index (χ4n) is 4.35. The minimum Gasteiger partial charge on any atom is -0.322 e. The lowest BCUT2D eigenvalue weighted by Gasteiger charge is -2.28. The van der Waals surface area contributed by atoms with Crippen LogP contribution in [0.25, 0.3) is 0 Å². The lowest BCUT2D eigenvalue weighted by atomic mass is 9.99. The van der Waals surface area contributed by atoms with Gasteiger partial charge in [0.25, 0.3) is 15.9 Å². The number of para-hydroxylation sites is 1. The Morgan fingerprint density at radius 3 is 2.14 bits per heavy atom. The van der Waals surface area contributed by atoms with Gasteiger partial charge < -0.3 is 5.32 Å². The number of amides is 1. The molecule has 6 nitrogen and oxygen atoms in total. The Labute approximate surface area is 211 Å². The second-order valence-electron chi connectivity index (χ2n) is 8.88. The van der Waals surface area contributed by atoms with E-state index in [0.29, 0.717) is 16.9 Å². The highest BCUT2D eigenvalue weighted by Crippen LogP contribution is 2.21. The summed E-state index contributed by atoms with van der Waals surface area (Å²) in [5.41, 5.74) is 5.53. The van der Waals surface area contributed by atoms with Crippen molar-refractivity contribution < 1.29 is 13.2 Å². The first kappa shape index (κ1) is 23.8. The number of anilines is 2. The van der Waals surface area contributed by atoms with E-state index in [4.69, 9.17) is 0 Å². The van der Waals surface area contributed by atoms with E-state index in [2.05, 4.69) is 39.2 Å². The van der Waals surface area contributed by atoms with Crippen molar-refractivity contribution in [1.29, 1.82) is 0 Å². The smallest absolute Gasteiger partial charge is 0.261 e. The van der Waals surface area contributed by atoms with E-state index in [-0.39, 0.29) is 10.8 Å². The van der Waals surface area contributed by atoms with Crippen molar-refractivity contribution in [3.63, 3.8) is 0 Å². The average Bonchev–Trinajstić information content (AvgIpc) is 2.90. The predicted octanol–water partition coefficient (Wildman–Crippen LogP) is 5.30. The van der Waals surface area contributed by atoms with Gasteiger partial charge in [0.15, 0.2) is 0 Å². The fraction of sp³-hybridized carbons (Fsp3) is 0.138. The van der Waals surface area contributed by atoms with E-state index < -0.39 is 10.0 Å². The summed E-state index contributed by atoms with van der Waals surface area (Å²) in [6.07, 6.45) is 1.05. The second-order valence-corrected chi connectivity index (χ2v) is 10.6. The molecule has 7 heteroatoms. The Kier molecular flexibility index (Phi) is 6.84. The first-order chi connectivity index (χ1) is 17.5. The quantitative estimate of drug-likeness (QED) is 0.363. The minimum absolute atomic E-state index is 0.119. The van der Waals surface area contributed by atoms with Crippen molar-refractivity contribution in [2.24, 2.45) is 0 Å². The molecule has 4 aromatic carbocycles. The van der Waals surface area contributed by atoms with Gasteiger partial charge in [0.2, 0.25) is 0 Å². The number of sulfonamides is 1. The van der Waals surface area contributed by atoms with E-state index in [1.807, 2.05) is 30.3 Å².